The van der Waals surface area contributed by atoms with E-state index in [2.05, 4.69) is 27.4 Å². The highest BCUT2D eigenvalue weighted by Crippen LogP contribution is 2.20. The molecule has 0 radical (unpaired) electrons. The Balaban J connectivity index is 1.91. The Morgan fingerprint density at radius 2 is 2.32 bits per heavy atom. The van der Waals surface area contributed by atoms with Gasteiger partial charge in [-0.05, 0) is 32.2 Å². The van der Waals surface area contributed by atoms with Crippen LogP contribution in [0.5, 0.6) is 0 Å². The van der Waals surface area contributed by atoms with Crippen LogP contribution in [-0.2, 0) is 11.3 Å². The predicted molar refractivity (Wildman–Crippen MR) is 72.4 cm³/mol. The minimum absolute atomic E-state index is 0.0521. The Labute approximate surface area is 114 Å². The largest absolute Gasteiger partial charge is 0.337 e. The van der Waals surface area contributed by atoms with E-state index in [1.165, 1.54) is 6.42 Å². The number of H-pyrrole nitrogens is 1. The third kappa shape index (κ3) is 3.53. The first-order valence-electron chi connectivity index (χ1n) is 6.96. The molecule has 1 fully saturated rings. The second kappa shape index (κ2) is 6.14. The Bertz CT molecular complexity index is 430. The van der Waals surface area contributed by atoms with Crippen LogP contribution in [0.3, 0.4) is 0 Å². The zero-order chi connectivity index (χ0) is 13.8. The molecular weight excluding hydrogens is 242 g/mol. The molecule has 2 heterocycles. The van der Waals surface area contributed by atoms with Crippen molar-refractivity contribution in [3.05, 3.63) is 11.6 Å². The number of carbonyl (C=O) groups is 1. The van der Waals surface area contributed by atoms with E-state index in [1.54, 1.807) is 4.90 Å². The molecule has 19 heavy (non-hydrogen) atoms. The Morgan fingerprint density at radius 1 is 1.53 bits per heavy atom. The van der Waals surface area contributed by atoms with Crippen LogP contribution < -0.4 is 5.32 Å². The molecule has 0 aromatic carbocycles. The van der Waals surface area contributed by atoms with Crippen molar-refractivity contribution >= 4 is 5.91 Å². The van der Waals surface area contributed by atoms with E-state index in [9.17, 15) is 4.79 Å². The molecule has 0 spiro atoms. The van der Waals surface area contributed by atoms with Crippen LogP contribution in [-0.4, -0.2) is 45.6 Å². The molecule has 1 aliphatic rings. The summed E-state index contributed by atoms with van der Waals surface area (Å²) < 4.78 is 0. The molecule has 2 N–H and O–H groups in total. The lowest BCUT2D eigenvalue weighted by Gasteiger charge is -2.31. The van der Waals surface area contributed by atoms with Gasteiger partial charge in [0.2, 0.25) is 5.91 Å². The first-order chi connectivity index (χ1) is 9.10. The lowest BCUT2D eigenvalue weighted by Crippen LogP contribution is -2.49. The van der Waals surface area contributed by atoms with Gasteiger partial charge in [0.1, 0.15) is 5.82 Å². The summed E-state index contributed by atoms with van der Waals surface area (Å²) >= 11 is 0. The molecular formula is C13H23N5O. The van der Waals surface area contributed by atoms with Crippen LogP contribution in [0.15, 0.2) is 0 Å². The summed E-state index contributed by atoms with van der Waals surface area (Å²) in [6.07, 6.45) is 3.26. The molecule has 1 saturated heterocycles. The predicted octanol–water partition coefficient (Wildman–Crippen LogP) is 0.850. The zero-order valence-corrected chi connectivity index (χ0v) is 11.9. The summed E-state index contributed by atoms with van der Waals surface area (Å²) in [4.78, 5) is 18.3. The number of amides is 1. The number of rotatable bonds is 4. The number of likely N-dealkylation sites (N-methyl/N-ethyl adjacent to an activating group) is 1. The monoisotopic (exact) mass is 265 g/mol. The first kappa shape index (κ1) is 14.0. The number of nitrogens with one attached hydrogen (secondary N) is 2. The summed E-state index contributed by atoms with van der Waals surface area (Å²) in [5.41, 5.74) is 0. The smallest absolute Gasteiger partial charge is 0.239 e. The highest BCUT2D eigenvalue weighted by molar-refractivity contribution is 5.81. The van der Waals surface area contributed by atoms with E-state index in [-0.39, 0.29) is 11.9 Å². The second-order valence-electron chi connectivity index (χ2n) is 5.34. The Kier molecular flexibility index (Phi) is 4.52. The van der Waals surface area contributed by atoms with Gasteiger partial charge in [-0.15, -0.1) is 0 Å². The quantitative estimate of drug-likeness (QED) is 0.846. The van der Waals surface area contributed by atoms with Gasteiger partial charge in [-0.1, -0.05) is 13.3 Å². The zero-order valence-electron chi connectivity index (χ0n) is 11.9. The molecule has 0 saturated carbocycles. The SMILES string of the molecule is CCC1CCNC(C(=O)N(C)Cc2n[nH]c(C)n2)C1. The van der Waals surface area contributed by atoms with E-state index in [4.69, 9.17) is 0 Å². The van der Waals surface area contributed by atoms with E-state index in [0.29, 0.717) is 18.3 Å². The number of nitrogens with zero attached hydrogens (tertiary/aromatic N) is 3. The van der Waals surface area contributed by atoms with E-state index >= 15 is 0 Å². The fraction of sp³-hybridized carbons (Fsp3) is 0.769. The summed E-state index contributed by atoms with van der Waals surface area (Å²) in [7, 11) is 1.81. The van der Waals surface area contributed by atoms with Crippen molar-refractivity contribution in [1.82, 2.24) is 25.4 Å². The molecule has 2 unspecified atom stereocenters. The molecule has 1 amide bonds. The normalized spacial score (nSPS) is 23.3. The maximum Gasteiger partial charge on any atom is 0.239 e. The summed E-state index contributed by atoms with van der Waals surface area (Å²) in [6.45, 7) is 5.44. The standard InChI is InChI=1S/C13H23N5O/c1-4-10-5-6-14-11(7-10)13(19)18(3)8-12-15-9(2)16-17-12/h10-11,14H,4-8H2,1-3H3,(H,15,16,17). The van der Waals surface area contributed by atoms with Gasteiger partial charge < -0.3 is 10.2 Å². The highest BCUT2D eigenvalue weighted by atomic mass is 16.2. The Hall–Kier alpha value is -1.43. The molecule has 2 rings (SSSR count). The summed E-state index contributed by atoms with van der Waals surface area (Å²) in [5.74, 6) is 2.24. The van der Waals surface area contributed by atoms with Crippen molar-refractivity contribution in [2.24, 2.45) is 5.92 Å². The average Bonchev–Trinajstić information content (AvgIpc) is 2.83. The van der Waals surface area contributed by atoms with Crippen LogP contribution in [0, 0.1) is 12.8 Å². The van der Waals surface area contributed by atoms with Crippen LogP contribution in [0.4, 0.5) is 0 Å². The van der Waals surface area contributed by atoms with Crippen molar-refractivity contribution in [3.8, 4) is 0 Å². The van der Waals surface area contributed by atoms with E-state index in [0.717, 1.165) is 25.2 Å². The fourth-order valence-electron chi connectivity index (χ4n) is 2.57. The fourth-order valence-corrected chi connectivity index (χ4v) is 2.57. The van der Waals surface area contributed by atoms with Gasteiger partial charge in [0.15, 0.2) is 5.82 Å². The van der Waals surface area contributed by atoms with Crippen LogP contribution >= 0.6 is 0 Å². The van der Waals surface area contributed by atoms with Gasteiger partial charge in [-0.2, -0.15) is 5.10 Å². The number of hydrogen-bond acceptors (Lipinski definition) is 4. The minimum atomic E-state index is -0.0521. The van der Waals surface area contributed by atoms with Gasteiger partial charge in [-0.3, -0.25) is 9.89 Å². The minimum Gasteiger partial charge on any atom is -0.337 e. The number of carbonyl (C=O) groups excluding carboxylic acids is 1. The van der Waals surface area contributed by atoms with Gasteiger partial charge in [-0.25, -0.2) is 4.98 Å². The third-order valence-corrected chi connectivity index (χ3v) is 3.79. The van der Waals surface area contributed by atoms with Crippen molar-refractivity contribution in [2.45, 2.75) is 45.7 Å². The number of aryl methyl sites for hydroxylation is 1. The van der Waals surface area contributed by atoms with Gasteiger partial charge in [0, 0.05) is 7.05 Å². The van der Waals surface area contributed by atoms with Gasteiger partial charge in [0.25, 0.3) is 0 Å². The third-order valence-electron chi connectivity index (χ3n) is 3.79. The van der Waals surface area contributed by atoms with Gasteiger partial charge in [0.05, 0.1) is 12.6 Å². The maximum absolute atomic E-state index is 12.4. The molecule has 106 valence electrons. The molecule has 1 aromatic rings. The Morgan fingerprint density at radius 3 is 2.95 bits per heavy atom. The number of hydrogen-bond donors (Lipinski definition) is 2. The average molecular weight is 265 g/mol. The van der Waals surface area contributed by atoms with Crippen molar-refractivity contribution in [2.75, 3.05) is 13.6 Å². The number of aromatic amines is 1. The van der Waals surface area contributed by atoms with Gasteiger partial charge >= 0.3 is 0 Å². The molecule has 0 aliphatic carbocycles. The van der Waals surface area contributed by atoms with E-state index < -0.39 is 0 Å². The van der Waals surface area contributed by atoms with Crippen molar-refractivity contribution < 1.29 is 4.79 Å². The molecule has 1 aliphatic heterocycles. The van der Waals surface area contributed by atoms with E-state index in [1.807, 2.05) is 14.0 Å². The molecule has 0 bridgehead atoms. The second-order valence-corrected chi connectivity index (χ2v) is 5.34. The lowest BCUT2D eigenvalue weighted by molar-refractivity contribution is -0.133. The topological polar surface area (TPSA) is 73.9 Å². The molecule has 2 atom stereocenters. The molecule has 6 nitrogen and oxygen atoms in total. The van der Waals surface area contributed by atoms with Crippen molar-refractivity contribution in [1.29, 1.82) is 0 Å². The number of piperidine rings is 1. The van der Waals surface area contributed by atoms with Crippen LogP contribution in [0.25, 0.3) is 0 Å². The van der Waals surface area contributed by atoms with Crippen molar-refractivity contribution in [3.63, 3.8) is 0 Å². The summed E-state index contributed by atoms with van der Waals surface area (Å²) in [5, 5.41) is 10.2. The van der Waals surface area contributed by atoms with Crippen LogP contribution in [0.2, 0.25) is 0 Å². The van der Waals surface area contributed by atoms with Crippen LogP contribution in [0.1, 0.15) is 37.8 Å². The molecule has 6 heteroatoms. The highest BCUT2D eigenvalue weighted by Gasteiger charge is 2.28. The molecule has 1 aromatic heterocycles. The first-order valence-corrected chi connectivity index (χ1v) is 6.96. The number of aromatic nitrogens is 3. The lowest BCUT2D eigenvalue weighted by atomic mass is 9.90. The maximum atomic E-state index is 12.4. The summed E-state index contributed by atoms with van der Waals surface area (Å²) in [6, 6.07) is -0.0521.